The smallest absolute Gasteiger partial charge is 0.494 e. The molecule has 2 aliphatic carbocycles. The molecule has 14 heteroatoms. The van der Waals surface area contributed by atoms with Gasteiger partial charge in [0.15, 0.2) is 17.2 Å². The number of aryl methyl sites for hydroxylation is 1. The highest BCUT2D eigenvalue weighted by Gasteiger charge is 2.68. The number of carbonyl (C=O) groups is 2. The summed E-state index contributed by atoms with van der Waals surface area (Å²) in [5.74, 6) is -0.852. The number of nitrogens with zero attached hydrogens (tertiary/aromatic N) is 2. The maximum atomic E-state index is 13.8. The molecule has 4 N–H and O–H groups in total. The van der Waals surface area contributed by atoms with Crippen molar-refractivity contribution in [3.05, 3.63) is 58.2 Å². The molecule has 45 heavy (non-hydrogen) atoms. The maximum Gasteiger partial charge on any atom is 0.586 e. The number of methoxy groups -OCH3 is 1. The first-order valence-electron chi connectivity index (χ1n) is 14.3. The van der Waals surface area contributed by atoms with E-state index in [4.69, 9.17) is 20.2 Å². The number of ether oxygens (including phenoxy) is 4. The summed E-state index contributed by atoms with van der Waals surface area (Å²) in [6.45, 7) is 1.68. The van der Waals surface area contributed by atoms with Crippen LogP contribution in [0.1, 0.15) is 45.9 Å². The Morgan fingerprint density at radius 1 is 1.18 bits per heavy atom. The number of amides is 2. The van der Waals surface area contributed by atoms with E-state index in [2.05, 4.69) is 19.8 Å². The van der Waals surface area contributed by atoms with E-state index in [1.165, 1.54) is 36.6 Å². The van der Waals surface area contributed by atoms with Gasteiger partial charge in [-0.1, -0.05) is 0 Å². The third-order valence-corrected chi connectivity index (χ3v) is 9.91. The van der Waals surface area contributed by atoms with Gasteiger partial charge in [0, 0.05) is 23.1 Å². The molecule has 0 radical (unpaired) electrons. The van der Waals surface area contributed by atoms with Gasteiger partial charge in [0.05, 0.1) is 29.1 Å². The minimum atomic E-state index is -3.82. The van der Waals surface area contributed by atoms with Gasteiger partial charge in [-0.3, -0.25) is 9.59 Å². The number of halogens is 2. The van der Waals surface area contributed by atoms with Crippen molar-refractivity contribution in [1.29, 1.82) is 0 Å². The van der Waals surface area contributed by atoms with Gasteiger partial charge in [0.1, 0.15) is 34.1 Å². The van der Waals surface area contributed by atoms with Crippen molar-refractivity contribution in [3.8, 4) is 34.3 Å². The lowest BCUT2D eigenvalue weighted by atomic mass is 9.87. The summed E-state index contributed by atoms with van der Waals surface area (Å²) in [5, 5.41) is 15.9. The first-order chi connectivity index (χ1) is 21.4. The number of pyridine rings is 1. The highest BCUT2D eigenvalue weighted by atomic mass is 32.1. The molecule has 0 bridgehead atoms. The molecule has 0 saturated heterocycles. The van der Waals surface area contributed by atoms with Crippen LogP contribution in [0.5, 0.6) is 23.0 Å². The molecule has 2 aliphatic heterocycles. The number of alkyl halides is 2. The number of fused-ring (bicyclic) bond motifs is 5. The van der Waals surface area contributed by atoms with Gasteiger partial charge in [0.25, 0.3) is 5.91 Å². The molecule has 4 heterocycles. The summed E-state index contributed by atoms with van der Waals surface area (Å²) >= 11 is 1.43. The molecule has 8 rings (SSSR count). The third-order valence-electron chi connectivity index (χ3n) is 8.99. The van der Waals surface area contributed by atoms with Crippen molar-refractivity contribution in [2.75, 3.05) is 13.7 Å². The maximum absolute atomic E-state index is 13.8. The molecular formula is C31H26F2N4O7S. The van der Waals surface area contributed by atoms with Crippen LogP contribution in [0.4, 0.5) is 8.78 Å². The van der Waals surface area contributed by atoms with Gasteiger partial charge in [-0.25, -0.2) is 9.97 Å². The van der Waals surface area contributed by atoms with Gasteiger partial charge < -0.3 is 35.1 Å². The Hall–Kier alpha value is -4.56. The number of benzene rings is 2. The first kappa shape index (κ1) is 28.0. The molecule has 2 unspecified atom stereocenters. The van der Waals surface area contributed by atoms with Gasteiger partial charge in [0.2, 0.25) is 5.91 Å². The summed E-state index contributed by atoms with van der Waals surface area (Å²) in [6, 6.07) is 9.14. The molecule has 4 aliphatic rings. The zero-order valence-corrected chi connectivity index (χ0v) is 24.8. The number of rotatable bonds is 8. The minimum Gasteiger partial charge on any atom is -0.494 e. The fourth-order valence-corrected chi connectivity index (χ4v) is 7.29. The Morgan fingerprint density at radius 2 is 1.96 bits per heavy atom. The molecule has 2 aromatic carbocycles. The number of thiazole rings is 1. The molecule has 2 aromatic heterocycles. The standard InChI is InChI=1S/C31H26F2N4O7S/c1-13-36-25-20(41-2)8-15(9-21(25)45-13)27(38)35-12-30(40,16-4-5-16)22-10-17-26(42-23-11-29(17,23)28(34)39)24(37-22)14-3-6-18-19(7-14)44-31(32,33)43-18/h3,6-10,16,23,40H,4-5,11-12H2,1-2H3,(H2,34,39)(H,35,38)/t23?,29-,30?/m1/s1. The van der Waals surface area contributed by atoms with E-state index < -0.39 is 35.2 Å². The average molecular weight is 637 g/mol. The van der Waals surface area contributed by atoms with Crippen LogP contribution in [-0.2, 0) is 15.8 Å². The normalized spacial score (nSPS) is 23.1. The van der Waals surface area contributed by atoms with E-state index in [1.807, 2.05) is 6.92 Å². The Bertz CT molecular complexity index is 1960. The summed E-state index contributed by atoms with van der Waals surface area (Å²) in [4.78, 5) is 35.4. The molecular weight excluding hydrogens is 610 g/mol. The molecule has 11 nitrogen and oxygen atoms in total. The summed E-state index contributed by atoms with van der Waals surface area (Å²) in [5.41, 5.74) is 5.34. The number of primary amides is 1. The monoisotopic (exact) mass is 636 g/mol. The predicted molar refractivity (Wildman–Crippen MR) is 156 cm³/mol. The van der Waals surface area contributed by atoms with E-state index >= 15 is 0 Å². The lowest BCUT2D eigenvalue weighted by molar-refractivity contribution is -0.286. The molecule has 232 valence electrons. The lowest BCUT2D eigenvalue weighted by Crippen LogP contribution is -2.43. The van der Waals surface area contributed by atoms with E-state index in [9.17, 15) is 23.5 Å². The number of nitrogens with two attached hydrogens (primary N) is 1. The van der Waals surface area contributed by atoms with Crippen LogP contribution in [0.3, 0.4) is 0 Å². The average Bonchev–Trinajstić information content (AvgIpc) is 3.89. The van der Waals surface area contributed by atoms with Crippen LogP contribution in [0, 0.1) is 12.8 Å². The van der Waals surface area contributed by atoms with E-state index in [-0.39, 0.29) is 41.1 Å². The Morgan fingerprint density at radius 3 is 2.69 bits per heavy atom. The number of carbonyl (C=O) groups excluding carboxylic acids is 2. The topological polar surface area (TPSA) is 155 Å². The molecule has 0 spiro atoms. The first-order valence-corrected chi connectivity index (χ1v) is 15.1. The number of nitrogens with one attached hydrogen (secondary N) is 1. The molecule has 3 atom stereocenters. The fraction of sp³-hybridized carbons (Fsp3) is 0.355. The van der Waals surface area contributed by atoms with Crippen molar-refractivity contribution >= 4 is 33.4 Å². The second-order valence-corrected chi connectivity index (χ2v) is 13.1. The Kier molecular flexibility index (Phi) is 5.74. The minimum absolute atomic E-state index is 0.144. The van der Waals surface area contributed by atoms with Crippen molar-refractivity contribution in [1.82, 2.24) is 15.3 Å². The zero-order chi connectivity index (χ0) is 31.5. The summed E-state index contributed by atoms with van der Waals surface area (Å²) < 4.78 is 49.1. The number of aliphatic hydroxyl groups is 1. The molecule has 2 amide bonds. The number of aromatic nitrogens is 2. The predicted octanol–water partition coefficient (Wildman–Crippen LogP) is 3.91. The largest absolute Gasteiger partial charge is 0.586 e. The molecule has 2 saturated carbocycles. The van der Waals surface area contributed by atoms with Crippen molar-refractivity contribution in [2.45, 2.75) is 49.6 Å². The highest BCUT2D eigenvalue weighted by Crippen LogP contribution is 2.62. The SMILES string of the molecule is COc1cc(C(=O)NCC(O)(c2cc3c(c(-c4ccc5c(c4)OC(F)(F)O5)n2)OC2C[C@@]32C(N)=O)C2CC2)cc2sc(C)nc12. The second-order valence-electron chi connectivity index (χ2n) is 11.8. The van der Waals surface area contributed by atoms with Crippen molar-refractivity contribution < 1.29 is 42.4 Å². The lowest BCUT2D eigenvalue weighted by Gasteiger charge is -2.29. The van der Waals surface area contributed by atoms with Gasteiger partial charge >= 0.3 is 6.29 Å². The highest BCUT2D eigenvalue weighted by molar-refractivity contribution is 7.18. The van der Waals surface area contributed by atoms with E-state index in [1.54, 1.807) is 18.2 Å². The second kappa shape index (κ2) is 9.23. The van der Waals surface area contributed by atoms with Gasteiger partial charge in [-0.15, -0.1) is 20.1 Å². The van der Waals surface area contributed by atoms with Crippen LogP contribution in [-0.4, -0.2) is 52.9 Å². The Balaban J connectivity index is 1.18. The van der Waals surface area contributed by atoms with E-state index in [0.717, 1.165) is 9.71 Å². The van der Waals surface area contributed by atoms with Gasteiger partial charge in [-0.2, -0.15) is 0 Å². The summed E-state index contributed by atoms with van der Waals surface area (Å²) in [6.07, 6.45) is -2.59. The zero-order valence-electron chi connectivity index (χ0n) is 24.0. The fourth-order valence-electron chi connectivity index (χ4n) is 6.41. The van der Waals surface area contributed by atoms with Crippen molar-refractivity contribution in [2.24, 2.45) is 11.7 Å². The Labute approximate surface area is 258 Å². The van der Waals surface area contributed by atoms with Gasteiger partial charge in [-0.05, 0) is 62.1 Å². The molecule has 2 fully saturated rings. The number of hydrogen-bond acceptors (Lipinski definition) is 10. The van der Waals surface area contributed by atoms with Crippen LogP contribution in [0.2, 0.25) is 0 Å². The number of hydrogen-bond donors (Lipinski definition) is 3. The van der Waals surface area contributed by atoms with Crippen LogP contribution < -0.4 is 30.0 Å². The van der Waals surface area contributed by atoms with E-state index in [0.29, 0.717) is 47.2 Å². The van der Waals surface area contributed by atoms with Crippen LogP contribution in [0.15, 0.2) is 36.4 Å². The third kappa shape index (κ3) is 4.22. The van der Waals surface area contributed by atoms with Crippen molar-refractivity contribution in [3.63, 3.8) is 0 Å². The summed E-state index contributed by atoms with van der Waals surface area (Å²) in [7, 11) is 1.51. The molecule has 4 aromatic rings. The quantitative estimate of drug-likeness (QED) is 0.261. The van der Waals surface area contributed by atoms with Crippen LogP contribution >= 0.6 is 11.3 Å². The van der Waals surface area contributed by atoms with Crippen LogP contribution in [0.25, 0.3) is 21.5 Å².